The summed E-state index contributed by atoms with van der Waals surface area (Å²) in [7, 11) is 0. The number of amides is 2. The van der Waals surface area contributed by atoms with E-state index in [-0.39, 0.29) is 29.4 Å². The van der Waals surface area contributed by atoms with Crippen LogP contribution in [0.3, 0.4) is 0 Å². The molecule has 2 amide bonds. The van der Waals surface area contributed by atoms with E-state index < -0.39 is 0 Å². The maximum absolute atomic E-state index is 13.5. The molecule has 2 heterocycles. The Morgan fingerprint density at radius 2 is 1.97 bits per heavy atom. The van der Waals surface area contributed by atoms with E-state index in [1.165, 1.54) is 16.0 Å². The van der Waals surface area contributed by atoms with Gasteiger partial charge < -0.3 is 10.2 Å². The topological polar surface area (TPSA) is 49.4 Å². The van der Waals surface area contributed by atoms with Gasteiger partial charge in [0, 0.05) is 29.3 Å². The van der Waals surface area contributed by atoms with Crippen LogP contribution < -0.4 is 5.32 Å². The summed E-state index contributed by atoms with van der Waals surface area (Å²) in [5.41, 5.74) is 2.17. The first kappa shape index (κ1) is 24.4. The zero-order chi connectivity index (χ0) is 23.1. The van der Waals surface area contributed by atoms with Crippen molar-refractivity contribution in [3.63, 3.8) is 0 Å². The van der Waals surface area contributed by atoms with E-state index in [9.17, 15) is 9.59 Å². The Bertz CT molecular complexity index is 876. The summed E-state index contributed by atoms with van der Waals surface area (Å²) < 4.78 is 0. The second-order valence-electron chi connectivity index (χ2n) is 9.14. The highest BCUT2D eigenvalue weighted by molar-refractivity contribution is 7.98. The summed E-state index contributed by atoms with van der Waals surface area (Å²) in [6, 6.07) is 8.71. The molecule has 2 aliphatic rings. The highest BCUT2D eigenvalue weighted by atomic mass is 32.2. The fraction of sp³-hybridized carbons (Fsp3) is 0.481. The molecule has 0 saturated carbocycles. The van der Waals surface area contributed by atoms with Gasteiger partial charge in [0.05, 0.1) is 6.04 Å². The summed E-state index contributed by atoms with van der Waals surface area (Å²) in [6.07, 6.45) is 13.6. The molecule has 2 aliphatic heterocycles. The van der Waals surface area contributed by atoms with Gasteiger partial charge >= 0.3 is 0 Å². The Morgan fingerprint density at radius 3 is 2.56 bits per heavy atom. The van der Waals surface area contributed by atoms with E-state index in [1.807, 2.05) is 17.1 Å². The predicted octanol–water partition coefficient (Wildman–Crippen LogP) is 5.45. The third kappa shape index (κ3) is 5.94. The number of nitrogens with one attached hydrogen (secondary N) is 1. The molecule has 32 heavy (non-hydrogen) atoms. The van der Waals surface area contributed by atoms with Gasteiger partial charge in [-0.2, -0.15) is 0 Å². The van der Waals surface area contributed by atoms with Gasteiger partial charge in [0.1, 0.15) is 0 Å². The van der Waals surface area contributed by atoms with Crippen molar-refractivity contribution in [2.24, 2.45) is 0 Å². The number of carbonyl (C=O) groups is 2. The van der Waals surface area contributed by atoms with Crippen LogP contribution in [0.1, 0.15) is 57.4 Å². The maximum Gasteiger partial charge on any atom is 0.223 e. The van der Waals surface area contributed by atoms with Crippen LogP contribution in [0.25, 0.3) is 0 Å². The highest BCUT2D eigenvalue weighted by Gasteiger charge is 2.39. The summed E-state index contributed by atoms with van der Waals surface area (Å²) in [5.74, 6) is 0.245. The lowest BCUT2D eigenvalue weighted by molar-refractivity contribution is -0.136. The van der Waals surface area contributed by atoms with Crippen molar-refractivity contribution in [2.45, 2.75) is 80.8 Å². The maximum atomic E-state index is 13.5. The van der Waals surface area contributed by atoms with Crippen LogP contribution in [-0.4, -0.2) is 40.6 Å². The monoisotopic (exact) mass is 452 g/mol. The Hall–Kier alpha value is -2.27. The van der Waals surface area contributed by atoms with Gasteiger partial charge in [0.25, 0.3) is 0 Å². The number of rotatable bonds is 10. The van der Waals surface area contributed by atoms with Gasteiger partial charge in [0.2, 0.25) is 11.8 Å². The van der Waals surface area contributed by atoms with E-state index in [0.29, 0.717) is 19.3 Å². The fourth-order valence-electron chi connectivity index (χ4n) is 5.14. The molecule has 0 aliphatic carbocycles. The van der Waals surface area contributed by atoms with Gasteiger partial charge in [-0.3, -0.25) is 9.59 Å². The third-order valence-corrected chi connectivity index (χ3v) is 7.42. The molecule has 1 aromatic rings. The Balaban J connectivity index is 1.75. The Morgan fingerprint density at radius 1 is 1.25 bits per heavy atom. The van der Waals surface area contributed by atoms with E-state index in [2.05, 4.69) is 62.0 Å². The van der Waals surface area contributed by atoms with E-state index in [0.717, 1.165) is 32.1 Å². The predicted molar refractivity (Wildman–Crippen MR) is 134 cm³/mol. The van der Waals surface area contributed by atoms with Crippen molar-refractivity contribution < 1.29 is 9.59 Å². The minimum Gasteiger partial charge on any atom is -0.350 e. The minimum atomic E-state index is -0.350. The lowest BCUT2D eigenvalue weighted by atomic mass is 9.84. The summed E-state index contributed by atoms with van der Waals surface area (Å²) in [4.78, 5) is 28.9. The smallest absolute Gasteiger partial charge is 0.223 e. The van der Waals surface area contributed by atoms with Crippen LogP contribution in [0, 0.1) is 0 Å². The van der Waals surface area contributed by atoms with Crippen LogP contribution in [0.4, 0.5) is 0 Å². The first-order valence-electron chi connectivity index (χ1n) is 11.5. The van der Waals surface area contributed by atoms with Gasteiger partial charge in [0.15, 0.2) is 0 Å². The molecule has 0 bridgehead atoms. The highest BCUT2D eigenvalue weighted by Crippen LogP contribution is 2.33. The van der Waals surface area contributed by atoms with Crippen molar-refractivity contribution in [1.82, 2.24) is 10.2 Å². The second kappa shape index (κ2) is 11.0. The van der Waals surface area contributed by atoms with E-state index >= 15 is 0 Å². The molecule has 0 aromatic heterocycles. The molecule has 3 atom stereocenters. The number of carbonyl (C=O) groups excluding carboxylic acids is 2. The molecule has 1 saturated heterocycles. The van der Waals surface area contributed by atoms with Crippen molar-refractivity contribution in [3.05, 3.63) is 66.8 Å². The van der Waals surface area contributed by atoms with Crippen LogP contribution in [0.15, 0.2) is 66.1 Å². The molecule has 1 N–H and O–H groups in total. The van der Waals surface area contributed by atoms with Crippen molar-refractivity contribution in [2.75, 3.05) is 6.26 Å². The quantitative estimate of drug-likeness (QED) is 0.379. The molecule has 0 unspecified atom stereocenters. The standard InChI is InChI=1S/C27H36N2O2S/c1-5-7-22-17-20(3)18-23(8-6-2)29(22)26(31)14-16-27(15-13-25(30)28-27)19-21-9-11-24(32-4)12-10-21/h5-6,9-12,17,22-23H,1-2,7-8,13-16,18-19H2,3-4H3,(H,28,30)/t22-,23-,27+/m0/s1. The largest absolute Gasteiger partial charge is 0.350 e. The van der Waals surface area contributed by atoms with E-state index in [1.54, 1.807) is 11.8 Å². The zero-order valence-electron chi connectivity index (χ0n) is 19.4. The van der Waals surface area contributed by atoms with Crippen LogP contribution in [-0.2, 0) is 16.0 Å². The van der Waals surface area contributed by atoms with Gasteiger partial charge in [-0.15, -0.1) is 24.9 Å². The average Bonchev–Trinajstić information content (AvgIpc) is 3.13. The Labute approximate surface area is 197 Å². The third-order valence-electron chi connectivity index (χ3n) is 6.67. The summed E-state index contributed by atoms with van der Waals surface area (Å²) in [5, 5.41) is 3.22. The molecule has 1 fully saturated rings. The molecule has 3 rings (SSSR count). The van der Waals surface area contributed by atoms with Gasteiger partial charge in [-0.1, -0.05) is 35.9 Å². The number of benzene rings is 1. The number of thioether (sulfide) groups is 1. The molecular formula is C27H36N2O2S. The Kier molecular flexibility index (Phi) is 8.41. The first-order valence-corrected chi connectivity index (χ1v) is 12.8. The number of nitrogens with zero attached hydrogens (tertiary/aromatic N) is 1. The SMILES string of the molecule is C=CC[C@H]1CC(C)=C[C@H](CC=C)N1C(=O)CC[C@@]1(Cc2ccc(SC)cc2)CCC(=O)N1. The molecule has 4 nitrogen and oxygen atoms in total. The van der Waals surface area contributed by atoms with Crippen molar-refractivity contribution in [3.8, 4) is 0 Å². The number of hydrogen-bond acceptors (Lipinski definition) is 3. The number of hydrogen-bond donors (Lipinski definition) is 1. The van der Waals surface area contributed by atoms with Crippen LogP contribution in [0.5, 0.6) is 0 Å². The molecule has 1 aromatic carbocycles. The van der Waals surface area contributed by atoms with Gasteiger partial charge in [-0.25, -0.2) is 0 Å². The van der Waals surface area contributed by atoms with Crippen molar-refractivity contribution in [1.29, 1.82) is 0 Å². The summed E-state index contributed by atoms with van der Waals surface area (Å²) >= 11 is 1.72. The second-order valence-corrected chi connectivity index (χ2v) is 10.0. The van der Waals surface area contributed by atoms with Crippen molar-refractivity contribution >= 4 is 23.6 Å². The molecule has 5 heteroatoms. The molecular weight excluding hydrogens is 416 g/mol. The minimum absolute atomic E-state index is 0.0481. The molecule has 0 spiro atoms. The summed E-state index contributed by atoms with van der Waals surface area (Å²) in [6.45, 7) is 9.94. The normalized spacial score (nSPS) is 25.2. The lowest BCUT2D eigenvalue weighted by Crippen LogP contribution is -2.50. The van der Waals surface area contributed by atoms with Crippen LogP contribution in [0.2, 0.25) is 0 Å². The average molecular weight is 453 g/mol. The van der Waals surface area contributed by atoms with E-state index in [4.69, 9.17) is 0 Å². The molecule has 0 radical (unpaired) electrons. The molecule has 172 valence electrons. The first-order chi connectivity index (χ1) is 15.4. The fourth-order valence-corrected chi connectivity index (χ4v) is 5.55. The zero-order valence-corrected chi connectivity index (χ0v) is 20.3. The lowest BCUT2D eigenvalue weighted by Gasteiger charge is -2.41. The van der Waals surface area contributed by atoms with Gasteiger partial charge in [-0.05, 0) is 69.4 Å². The van der Waals surface area contributed by atoms with Crippen LogP contribution >= 0.6 is 11.8 Å².